The monoisotopic (exact) mass is 598 g/mol. The Labute approximate surface area is 180 Å². The summed E-state index contributed by atoms with van der Waals surface area (Å²) in [5.74, 6) is 0. The summed E-state index contributed by atoms with van der Waals surface area (Å²) >= 11 is 0. The van der Waals surface area contributed by atoms with Crippen molar-refractivity contribution in [3.05, 3.63) is 83.9 Å². The van der Waals surface area contributed by atoms with Gasteiger partial charge < -0.3 is 0 Å². The molecule has 157 valence electrons. The molecule has 30 heavy (non-hydrogen) atoms. The maximum absolute atomic E-state index is 13.1. The van der Waals surface area contributed by atoms with Gasteiger partial charge in [0.15, 0.2) is 0 Å². The fourth-order valence-electron chi connectivity index (χ4n) is 3.03. The summed E-state index contributed by atoms with van der Waals surface area (Å²) < 4.78 is 79.0. The number of aromatic nitrogens is 2. The first-order valence-electron chi connectivity index (χ1n) is 8.39. The van der Waals surface area contributed by atoms with Crippen molar-refractivity contribution in [3.8, 4) is 16.9 Å². The zero-order valence-corrected chi connectivity index (χ0v) is 17.2. The fourth-order valence-corrected chi connectivity index (χ4v) is 3.03. The predicted octanol–water partition coefficient (Wildman–Crippen LogP) is 6.53. The van der Waals surface area contributed by atoms with Gasteiger partial charge in [0.05, 0.1) is 11.1 Å². The molecule has 4 rings (SSSR count). The molecule has 0 bridgehead atoms. The minimum absolute atomic E-state index is 0. The van der Waals surface area contributed by atoms with Gasteiger partial charge in [-0.2, -0.15) is 49.6 Å². The molecule has 0 saturated heterocycles. The van der Waals surface area contributed by atoms with Crippen LogP contribution in [0.3, 0.4) is 0 Å². The van der Waals surface area contributed by atoms with Crippen LogP contribution in [0.5, 0.6) is 0 Å². The van der Waals surface area contributed by atoms with Gasteiger partial charge in [-0.3, -0.25) is 4.68 Å². The van der Waals surface area contributed by atoms with Crippen LogP contribution in [0.25, 0.3) is 27.8 Å². The van der Waals surface area contributed by atoms with Crippen molar-refractivity contribution < 1.29 is 46.4 Å². The van der Waals surface area contributed by atoms with Crippen LogP contribution in [0, 0.1) is 6.07 Å². The summed E-state index contributed by atoms with van der Waals surface area (Å²) in [5, 5.41) is 4.98. The number of alkyl halides is 6. The van der Waals surface area contributed by atoms with Crippen LogP contribution in [0.1, 0.15) is 11.1 Å². The molecule has 1 radical (unpaired) electrons. The summed E-state index contributed by atoms with van der Waals surface area (Å²) in [4.78, 5) is 0. The van der Waals surface area contributed by atoms with Gasteiger partial charge in [0.1, 0.15) is 5.69 Å². The Balaban J connectivity index is 0.00000256. The van der Waals surface area contributed by atoms with Crippen LogP contribution in [0.15, 0.2) is 66.7 Å². The Morgan fingerprint density at radius 2 is 1.40 bits per heavy atom. The number of nitrogens with zero attached hydrogens (tertiary/aromatic N) is 2. The minimum atomic E-state index is -4.52. The second-order valence-electron chi connectivity index (χ2n) is 6.31. The van der Waals surface area contributed by atoms with Crippen molar-refractivity contribution in [2.45, 2.75) is 12.4 Å². The third-order valence-corrected chi connectivity index (χ3v) is 4.41. The molecule has 4 aromatic rings. The first kappa shape index (κ1) is 22.1. The molecular weight excluding hydrogens is 586 g/mol. The molecular formula is C21H11F6IrN2-. The SMILES string of the molecule is FC(F)(F)c1ccc(-c2nn(-c3[c-]ccc(C(F)(F)F)c3)c3ccccc23)cc1.[Ir]. The molecule has 0 amide bonds. The Kier molecular flexibility index (Phi) is 5.80. The van der Waals surface area contributed by atoms with E-state index >= 15 is 0 Å². The molecule has 0 fully saturated rings. The van der Waals surface area contributed by atoms with Crippen molar-refractivity contribution in [2.75, 3.05) is 0 Å². The van der Waals surface area contributed by atoms with Crippen LogP contribution in [-0.4, -0.2) is 9.78 Å². The van der Waals surface area contributed by atoms with E-state index in [4.69, 9.17) is 0 Å². The van der Waals surface area contributed by atoms with Crippen molar-refractivity contribution in [1.82, 2.24) is 9.78 Å². The standard InChI is InChI=1S/C21H11F6N2.Ir/c22-20(23,24)14-10-8-13(9-11-14)19-17-6-1-2-7-18(17)29(28-19)16-5-3-4-15(12-16)21(25,26)27;/h1-4,6-12H;/q-1;. The zero-order valence-electron chi connectivity index (χ0n) is 14.8. The first-order chi connectivity index (χ1) is 13.6. The molecule has 1 aromatic heterocycles. The molecule has 1 heterocycles. The van der Waals surface area contributed by atoms with E-state index in [1.807, 2.05) is 0 Å². The van der Waals surface area contributed by atoms with Crippen LogP contribution in [-0.2, 0) is 32.5 Å². The molecule has 0 unspecified atom stereocenters. The predicted molar refractivity (Wildman–Crippen MR) is 95.3 cm³/mol. The van der Waals surface area contributed by atoms with Crippen molar-refractivity contribution in [3.63, 3.8) is 0 Å². The van der Waals surface area contributed by atoms with Gasteiger partial charge in [-0.25, -0.2) is 0 Å². The summed E-state index contributed by atoms with van der Waals surface area (Å²) in [5.41, 5.74) is -0.273. The summed E-state index contributed by atoms with van der Waals surface area (Å²) in [6, 6.07) is 17.0. The summed E-state index contributed by atoms with van der Waals surface area (Å²) in [6.45, 7) is 0. The Hall–Kier alpha value is -2.64. The van der Waals surface area contributed by atoms with Gasteiger partial charge in [0.2, 0.25) is 0 Å². The number of benzene rings is 3. The zero-order chi connectivity index (χ0) is 20.8. The number of hydrogen-bond donors (Lipinski definition) is 0. The molecule has 0 N–H and O–H groups in total. The molecule has 0 aliphatic carbocycles. The van der Waals surface area contributed by atoms with E-state index < -0.39 is 23.5 Å². The largest absolute Gasteiger partial charge is 0.416 e. The average molecular weight is 598 g/mol. The van der Waals surface area contributed by atoms with E-state index in [1.165, 1.54) is 16.8 Å². The van der Waals surface area contributed by atoms with Crippen molar-refractivity contribution in [1.29, 1.82) is 0 Å². The molecule has 0 atom stereocenters. The quantitative estimate of drug-likeness (QED) is 0.190. The molecule has 0 aliphatic heterocycles. The third kappa shape index (κ3) is 4.13. The second-order valence-corrected chi connectivity index (χ2v) is 6.31. The van der Waals surface area contributed by atoms with Crippen LogP contribution < -0.4 is 0 Å². The number of halogens is 6. The fraction of sp³-hybridized carbons (Fsp3) is 0.0952. The van der Waals surface area contributed by atoms with Gasteiger partial charge in [0, 0.05) is 31.1 Å². The molecule has 9 heteroatoms. The Morgan fingerprint density at radius 1 is 0.767 bits per heavy atom. The maximum atomic E-state index is 13.1. The van der Waals surface area contributed by atoms with Gasteiger partial charge in [-0.15, -0.1) is 6.07 Å². The third-order valence-electron chi connectivity index (χ3n) is 4.41. The van der Waals surface area contributed by atoms with Gasteiger partial charge in [-0.05, 0) is 23.9 Å². The van der Waals surface area contributed by atoms with Crippen molar-refractivity contribution in [2.24, 2.45) is 0 Å². The van der Waals surface area contributed by atoms with Gasteiger partial charge in [0.25, 0.3) is 0 Å². The van der Waals surface area contributed by atoms with Crippen LogP contribution in [0.2, 0.25) is 0 Å². The number of fused-ring (bicyclic) bond motifs is 1. The minimum Gasteiger partial charge on any atom is -0.257 e. The number of para-hydroxylation sites is 1. The molecule has 0 spiro atoms. The van der Waals surface area contributed by atoms with E-state index in [9.17, 15) is 26.3 Å². The van der Waals surface area contributed by atoms with E-state index in [0.29, 0.717) is 22.2 Å². The number of hydrogen-bond acceptors (Lipinski definition) is 1. The molecule has 0 aliphatic rings. The van der Waals surface area contributed by atoms with Gasteiger partial charge >= 0.3 is 12.4 Å². The maximum Gasteiger partial charge on any atom is 0.416 e. The van der Waals surface area contributed by atoms with E-state index in [2.05, 4.69) is 11.2 Å². The van der Waals surface area contributed by atoms with Crippen molar-refractivity contribution >= 4 is 10.9 Å². The van der Waals surface area contributed by atoms with E-state index in [1.54, 1.807) is 24.3 Å². The molecule has 3 aromatic carbocycles. The normalized spacial score (nSPS) is 12.1. The van der Waals surface area contributed by atoms with E-state index in [0.717, 1.165) is 30.3 Å². The summed E-state index contributed by atoms with van der Waals surface area (Å²) in [7, 11) is 0. The topological polar surface area (TPSA) is 17.8 Å². The first-order valence-corrected chi connectivity index (χ1v) is 8.39. The van der Waals surface area contributed by atoms with E-state index in [-0.39, 0.29) is 25.8 Å². The average Bonchev–Trinajstić information content (AvgIpc) is 3.07. The summed E-state index contributed by atoms with van der Waals surface area (Å²) in [6.07, 6.45) is -8.99. The smallest absolute Gasteiger partial charge is 0.257 e. The van der Waals surface area contributed by atoms with Crippen LogP contribution >= 0.6 is 0 Å². The molecule has 0 saturated carbocycles. The van der Waals surface area contributed by atoms with Crippen LogP contribution in [0.4, 0.5) is 26.3 Å². The molecule has 2 nitrogen and oxygen atoms in total. The van der Waals surface area contributed by atoms with Gasteiger partial charge in [-0.1, -0.05) is 35.9 Å². The second kappa shape index (κ2) is 7.89. The number of rotatable bonds is 2. The Bertz CT molecular complexity index is 1180. The Morgan fingerprint density at radius 3 is 2.03 bits per heavy atom.